The van der Waals surface area contributed by atoms with Crippen LogP contribution in [0, 0.1) is 5.92 Å². The Morgan fingerprint density at radius 2 is 2.59 bits per heavy atom. The molecule has 4 nitrogen and oxygen atoms in total. The Morgan fingerprint density at radius 3 is 3.29 bits per heavy atom. The molecule has 17 heavy (non-hydrogen) atoms. The summed E-state index contributed by atoms with van der Waals surface area (Å²) in [5.41, 5.74) is 0. The first-order valence-corrected chi connectivity index (χ1v) is 5.94. The number of hydrogen-bond donors (Lipinski definition) is 1. The highest BCUT2D eigenvalue weighted by Crippen LogP contribution is 2.16. The fourth-order valence-electron chi connectivity index (χ4n) is 2.13. The van der Waals surface area contributed by atoms with Crippen LogP contribution in [-0.2, 0) is 4.79 Å². The van der Waals surface area contributed by atoms with Crippen LogP contribution in [0.1, 0.15) is 12.2 Å². The molecule has 2 rings (SSSR count). The van der Waals surface area contributed by atoms with Gasteiger partial charge in [-0.05, 0) is 44.1 Å². The maximum Gasteiger partial charge on any atom is 0.246 e. The van der Waals surface area contributed by atoms with Crippen molar-refractivity contribution in [2.24, 2.45) is 5.92 Å². The van der Waals surface area contributed by atoms with Crippen molar-refractivity contribution in [2.75, 3.05) is 26.7 Å². The third kappa shape index (κ3) is 3.20. The van der Waals surface area contributed by atoms with E-state index in [0.29, 0.717) is 11.7 Å². The minimum Gasteiger partial charge on any atom is -0.465 e. The summed E-state index contributed by atoms with van der Waals surface area (Å²) in [7, 11) is 1.95. The van der Waals surface area contributed by atoms with Crippen LogP contribution in [-0.4, -0.2) is 37.5 Å². The molecule has 1 atom stereocenters. The Morgan fingerprint density at radius 1 is 1.71 bits per heavy atom. The van der Waals surface area contributed by atoms with E-state index in [2.05, 4.69) is 5.32 Å². The van der Waals surface area contributed by atoms with E-state index < -0.39 is 0 Å². The first kappa shape index (κ1) is 11.9. The highest BCUT2D eigenvalue weighted by molar-refractivity contribution is 5.91. The number of hydrogen-bond acceptors (Lipinski definition) is 3. The van der Waals surface area contributed by atoms with E-state index in [1.165, 1.54) is 0 Å². The van der Waals surface area contributed by atoms with Crippen LogP contribution in [0.5, 0.6) is 0 Å². The Kier molecular flexibility index (Phi) is 3.98. The topological polar surface area (TPSA) is 45.5 Å². The number of nitrogens with one attached hydrogen (secondary N) is 1. The van der Waals surface area contributed by atoms with Crippen LogP contribution in [0.15, 0.2) is 28.9 Å². The lowest BCUT2D eigenvalue weighted by Gasteiger charge is -2.13. The molecule has 1 unspecified atom stereocenters. The zero-order valence-electron chi connectivity index (χ0n) is 10.1. The number of rotatable bonds is 4. The second-order valence-corrected chi connectivity index (χ2v) is 4.35. The summed E-state index contributed by atoms with van der Waals surface area (Å²) in [6, 6.07) is 3.64. The lowest BCUT2D eigenvalue weighted by molar-refractivity contribution is -0.125. The van der Waals surface area contributed by atoms with Gasteiger partial charge in [0.2, 0.25) is 5.91 Å². The number of carbonyl (C=O) groups excluding carboxylic acids is 1. The summed E-state index contributed by atoms with van der Waals surface area (Å²) < 4.78 is 5.14. The van der Waals surface area contributed by atoms with E-state index in [-0.39, 0.29) is 5.91 Å². The lowest BCUT2D eigenvalue weighted by Crippen LogP contribution is -2.28. The molecular formula is C13H18N2O2. The first-order chi connectivity index (χ1) is 8.29. The third-order valence-corrected chi connectivity index (χ3v) is 3.02. The van der Waals surface area contributed by atoms with Crippen molar-refractivity contribution in [3.8, 4) is 0 Å². The van der Waals surface area contributed by atoms with Crippen molar-refractivity contribution >= 4 is 12.0 Å². The van der Waals surface area contributed by atoms with Crippen LogP contribution in [0.2, 0.25) is 0 Å². The van der Waals surface area contributed by atoms with Crippen molar-refractivity contribution in [3.63, 3.8) is 0 Å². The summed E-state index contributed by atoms with van der Waals surface area (Å²) in [5, 5.41) is 3.15. The van der Waals surface area contributed by atoms with Crippen molar-refractivity contribution in [3.05, 3.63) is 30.2 Å². The Bertz CT molecular complexity index is 384. The Hall–Kier alpha value is -1.55. The van der Waals surface area contributed by atoms with Gasteiger partial charge < -0.3 is 14.6 Å². The molecule has 1 aromatic rings. The van der Waals surface area contributed by atoms with Crippen molar-refractivity contribution in [2.45, 2.75) is 6.42 Å². The molecule has 4 heteroatoms. The van der Waals surface area contributed by atoms with Gasteiger partial charge in [-0.25, -0.2) is 0 Å². The van der Waals surface area contributed by atoms with E-state index in [0.717, 1.165) is 26.1 Å². The van der Waals surface area contributed by atoms with Gasteiger partial charge in [-0.1, -0.05) is 0 Å². The molecule has 92 valence electrons. The highest BCUT2D eigenvalue weighted by Gasteiger charge is 2.24. The lowest BCUT2D eigenvalue weighted by atomic mass is 10.1. The van der Waals surface area contributed by atoms with Gasteiger partial charge in [0.25, 0.3) is 0 Å². The van der Waals surface area contributed by atoms with E-state index in [9.17, 15) is 4.79 Å². The predicted octanol–water partition coefficient (Wildman–Crippen LogP) is 1.36. The second kappa shape index (κ2) is 5.68. The zero-order valence-corrected chi connectivity index (χ0v) is 10.1. The monoisotopic (exact) mass is 234 g/mol. The summed E-state index contributed by atoms with van der Waals surface area (Å²) in [4.78, 5) is 13.8. The molecule has 1 saturated heterocycles. The van der Waals surface area contributed by atoms with Gasteiger partial charge in [0.1, 0.15) is 5.76 Å². The van der Waals surface area contributed by atoms with Gasteiger partial charge in [-0.2, -0.15) is 0 Å². The first-order valence-electron chi connectivity index (χ1n) is 5.94. The summed E-state index contributed by atoms with van der Waals surface area (Å²) >= 11 is 0. The Labute approximate surface area is 101 Å². The highest BCUT2D eigenvalue weighted by atomic mass is 16.3. The van der Waals surface area contributed by atoms with Crippen molar-refractivity contribution in [1.29, 1.82) is 0 Å². The van der Waals surface area contributed by atoms with Crippen LogP contribution < -0.4 is 5.32 Å². The van der Waals surface area contributed by atoms with E-state index in [1.807, 2.05) is 24.1 Å². The Balaban J connectivity index is 1.85. The normalized spacial score (nSPS) is 20.3. The van der Waals surface area contributed by atoms with Crippen LogP contribution in [0.3, 0.4) is 0 Å². The molecule has 0 bridgehead atoms. The van der Waals surface area contributed by atoms with Crippen LogP contribution in [0.25, 0.3) is 6.08 Å². The summed E-state index contributed by atoms with van der Waals surface area (Å²) in [6.07, 6.45) is 5.98. The summed E-state index contributed by atoms with van der Waals surface area (Å²) in [6.45, 7) is 2.68. The predicted molar refractivity (Wildman–Crippen MR) is 66.4 cm³/mol. The quantitative estimate of drug-likeness (QED) is 0.800. The van der Waals surface area contributed by atoms with Gasteiger partial charge >= 0.3 is 0 Å². The average Bonchev–Trinajstić information content (AvgIpc) is 2.97. The SMILES string of the molecule is CNCC1CCN(C(=O)C=Cc2ccco2)C1. The molecule has 1 aliphatic rings. The van der Waals surface area contributed by atoms with E-state index in [1.54, 1.807) is 18.4 Å². The molecule has 1 N–H and O–H groups in total. The molecule has 1 aliphatic heterocycles. The smallest absolute Gasteiger partial charge is 0.246 e. The third-order valence-electron chi connectivity index (χ3n) is 3.02. The minimum atomic E-state index is 0.0694. The number of amides is 1. The molecule has 2 heterocycles. The largest absolute Gasteiger partial charge is 0.465 e. The summed E-state index contributed by atoms with van der Waals surface area (Å²) in [5.74, 6) is 1.37. The van der Waals surface area contributed by atoms with Crippen molar-refractivity contribution in [1.82, 2.24) is 10.2 Å². The van der Waals surface area contributed by atoms with Gasteiger partial charge in [0.15, 0.2) is 0 Å². The molecule has 1 fully saturated rings. The number of furan rings is 1. The maximum absolute atomic E-state index is 11.9. The zero-order chi connectivity index (χ0) is 12.1. The molecule has 0 saturated carbocycles. The molecule has 0 radical (unpaired) electrons. The van der Waals surface area contributed by atoms with Gasteiger partial charge in [-0.15, -0.1) is 0 Å². The van der Waals surface area contributed by atoms with E-state index >= 15 is 0 Å². The minimum absolute atomic E-state index is 0.0694. The van der Waals surface area contributed by atoms with Crippen LogP contribution in [0.4, 0.5) is 0 Å². The van der Waals surface area contributed by atoms with Crippen LogP contribution >= 0.6 is 0 Å². The maximum atomic E-state index is 11.9. The number of likely N-dealkylation sites (tertiary alicyclic amines) is 1. The fourth-order valence-corrected chi connectivity index (χ4v) is 2.13. The molecule has 0 spiro atoms. The molecule has 0 aromatic carbocycles. The van der Waals surface area contributed by atoms with Gasteiger partial charge in [-0.3, -0.25) is 4.79 Å². The molecule has 1 amide bonds. The molecular weight excluding hydrogens is 216 g/mol. The van der Waals surface area contributed by atoms with Gasteiger partial charge in [0, 0.05) is 19.2 Å². The fraction of sp³-hybridized carbons (Fsp3) is 0.462. The number of carbonyl (C=O) groups is 1. The van der Waals surface area contributed by atoms with E-state index in [4.69, 9.17) is 4.42 Å². The number of nitrogens with zero attached hydrogens (tertiary/aromatic N) is 1. The van der Waals surface area contributed by atoms with Gasteiger partial charge in [0.05, 0.1) is 6.26 Å². The molecule has 1 aromatic heterocycles. The standard InChI is InChI=1S/C13H18N2O2/c1-14-9-11-6-7-15(10-11)13(16)5-4-12-3-2-8-17-12/h2-5,8,11,14H,6-7,9-10H2,1H3. The molecule has 0 aliphatic carbocycles. The average molecular weight is 234 g/mol. The van der Waals surface area contributed by atoms with Crippen molar-refractivity contribution < 1.29 is 9.21 Å². The second-order valence-electron chi connectivity index (χ2n) is 4.35.